The van der Waals surface area contributed by atoms with Gasteiger partial charge in [0, 0.05) is 24.6 Å². The molecule has 1 unspecified atom stereocenters. The van der Waals surface area contributed by atoms with Crippen molar-refractivity contribution in [2.75, 3.05) is 13.6 Å². The minimum Gasteiger partial charge on any atom is -0.486 e. The summed E-state index contributed by atoms with van der Waals surface area (Å²) in [5.41, 5.74) is 1.11. The van der Waals surface area contributed by atoms with Gasteiger partial charge in [0.2, 0.25) is 0 Å². The van der Waals surface area contributed by atoms with Crippen molar-refractivity contribution in [3.05, 3.63) is 51.9 Å². The summed E-state index contributed by atoms with van der Waals surface area (Å²) in [5, 5.41) is 1.03. The molecule has 0 fully saturated rings. The molecule has 5 heteroatoms. The molecule has 0 saturated carbocycles. The maximum Gasteiger partial charge on any atom is 0.128 e. The Balaban J connectivity index is 1.85. The van der Waals surface area contributed by atoms with Crippen molar-refractivity contribution >= 4 is 23.2 Å². The molecular formula is C15H15Cl2NO2. The summed E-state index contributed by atoms with van der Waals surface area (Å²) in [6.07, 6.45) is 2.60. The van der Waals surface area contributed by atoms with E-state index in [1.165, 1.54) is 0 Å². The Kier molecular flexibility index (Phi) is 3.92. The van der Waals surface area contributed by atoms with E-state index in [1.807, 2.05) is 12.1 Å². The average molecular weight is 312 g/mol. The Morgan fingerprint density at radius 2 is 2.10 bits per heavy atom. The number of ether oxygens (including phenoxy) is 1. The molecule has 20 heavy (non-hydrogen) atoms. The van der Waals surface area contributed by atoms with Crippen LogP contribution in [-0.4, -0.2) is 18.5 Å². The largest absolute Gasteiger partial charge is 0.486 e. The number of nitrogens with zero attached hydrogens (tertiary/aromatic N) is 1. The standard InChI is InChI=1S/C15H15Cl2NO2/c1-18-6-4-14(11-5-7-19-15(11)9-18)20-10-2-3-12(16)13(17)8-10/h2-3,5,7-8,14H,4,6,9H2,1H3. The Hall–Kier alpha value is -1.16. The second-order valence-electron chi connectivity index (χ2n) is 5.01. The monoisotopic (exact) mass is 311 g/mol. The highest BCUT2D eigenvalue weighted by molar-refractivity contribution is 6.42. The minimum atomic E-state index is -0.0223. The van der Waals surface area contributed by atoms with E-state index in [2.05, 4.69) is 11.9 Å². The minimum absolute atomic E-state index is 0.0223. The zero-order valence-corrected chi connectivity index (χ0v) is 12.6. The van der Waals surface area contributed by atoms with E-state index in [9.17, 15) is 0 Å². The van der Waals surface area contributed by atoms with Crippen LogP contribution in [0.5, 0.6) is 5.75 Å². The normalized spacial score (nSPS) is 19.4. The number of hydrogen-bond acceptors (Lipinski definition) is 3. The quantitative estimate of drug-likeness (QED) is 0.814. The van der Waals surface area contributed by atoms with Crippen molar-refractivity contribution < 1.29 is 9.15 Å². The predicted molar refractivity (Wildman–Crippen MR) is 79.5 cm³/mol. The van der Waals surface area contributed by atoms with Gasteiger partial charge in [0.1, 0.15) is 17.6 Å². The number of benzene rings is 1. The second kappa shape index (κ2) is 5.68. The summed E-state index contributed by atoms with van der Waals surface area (Å²) in [6.45, 7) is 1.76. The molecule has 1 aromatic heterocycles. The molecule has 2 heterocycles. The third-order valence-corrected chi connectivity index (χ3v) is 4.22. The van der Waals surface area contributed by atoms with E-state index in [1.54, 1.807) is 18.4 Å². The molecule has 0 aliphatic carbocycles. The summed E-state index contributed by atoms with van der Waals surface area (Å²) < 4.78 is 11.6. The summed E-state index contributed by atoms with van der Waals surface area (Å²) in [6, 6.07) is 7.32. The third kappa shape index (κ3) is 2.80. The molecule has 0 N–H and O–H groups in total. The molecule has 2 aromatic rings. The fourth-order valence-electron chi connectivity index (χ4n) is 2.42. The first-order chi connectivity index (χ1) is 9.63. The van der Waals surface area contributed by atoms with E-state index in [-0.39, 0.29) is 6.10 Å². The lowest BCUT2D eigenvalue weighted by molar-refractivity contribution is 0.182. The van der Waals surface area contributed by atoms with E-state index >= 15 is 0 Å². The Morgan fingerprint density at radius 1 is 1.25 bits per heavy atom. The molecule has 1 aliphatic rings. The van der Waals surface area contributed by atoms with Crippen molar-refractivity contribution in [2.24, 2.45) is 0 Å². The lowest BCUT2D eigenvalue weighted by Gasteiger charge is -2.18. The van der Waals surface area contributed by atoms with E-state index in [0.717, 1.165) is 36.6 Å². The van der Waals surface area contributed by atoms with Gasteiger partial charge in [-0.05, 0) is 25.2 Å². The Bertz CT molecular complexity index is 612. The average Bonchev–Trinajstić information content (AvgIpc) is 2.81. The number of fused-ring (bicyclic) bond motifs is 1. The van der Waals surface area contributed by atoms with Crippen LogP contribution < -0.4 is 4.74 Å². The first-order valence-corrected chi connectivity index (χ1v) is 7.25. The summed E-state index contributed by atoms with van der Waals surface area (Å²) in [5.74, 6) is 1.69. The van der Waals surface area contributed by atoms with E-state index < -0.39 is 0 Å². The van der Waals surface area contributed by atoms with Crippen molar-refractivity contribution in [3.8, 4) is 5.75 Å². The van der Waals surface area contributed by atoms with Crippen molar-refractivity contribution in [3.63, 3.8) is 0 Å². The fourth-order valence-corrected chi connectivity index (χ4v) is 2.71. The van der Waals surface area contributed by atoms with Crippen molar-refractivity contribution in [1.29, 1.82) is 0 Å². The third-order valence-electron chi connectivity index (χ3n) is 3.48. The van der Waals surface area contributed by atoms with Crippen LogP contribution in [0.4, 0.5) is 0 Å². The van der Waals surface area contributed by atoms with Crippen LogP contribution in [0.25, 0.3) is 0 Å². The van der Waals surface area contributed by atoms with Gasteiger partial charge in [-0.2, -0.15) is 0 Å². The van der Waals surface area contributed by atoms with E-state index in [0.29, 0.717) is 10.0 Å². The van der Waals surface area contributed by atoms with Crippen LogP contribution in [0.1, 0.15) is 23.8 Å². The van der Waals surface area contributed by atoms with Gasteiger partial charge in [0.05, 0.1) is 22.9 Å². The molecule has 3 nitrogen and oxygen atoms in total. The Morgan fingerprint density at radius 3 is 2.90 bits per heavy atom. The molecule has 0 radical (unpaired) electrons. The molecule has 1 atom stereocenters. The van der Waals surface area contributed by atoms with Gasteiger partial charge in [-0.3, -0.25) is 4.90 Å². The van der Waals surface area contributed by atoms with Gasteiger partial charge in [0.15, 0.2) is 0 Å². The van der Waals surface area contributed by atoms with Crippen LogP contribution in [0, 0.1) is 0 Å². The number of furan rings is 1. The molecule has 106 valence electrons. The van der Waals surface area contributed by atoms with Gasteiger partial charge >= 0.3 is 0 Å². The summed E-state index contributed by atoms with van der Waals surface area (Å²) in [7, 11) is 2.08. The van der Waals surface area contributed by atoms with Gasteiger partial charge in [0.25, 0.3) is 0 Å². The van der Waals surface area contributed by atoms with Crippen LogP contribution >= 0.6 is 23.2 Å². The number of rotatable bonds is 2. The fraction of sp³-hybridized carbons (Fsp3) is 0.333. The predicted octanol–water partition coefficient (Wildman–Crippen LogP) is 4.54. The lowest BCUT2D eigenvalue weighted by atomic mass is 10.1. The highest BCUT2D eigenvalue weighted by atomic mass is 35.5. The van der Waals surface area contributed by atoms with Gasteiger partial charge in [-0.25, -0.2) is 0 Å². The molecule has 1 aromatic carbocycles. The smallest absolute Gasteiger partial charge is 0.128 e. The maximum absolute atomic E-state index is 6.07. The zero-order valence-electron chi connectivity index (χ0n) is 11.1. The highest BCUT2D eigenvalue weighted by Crippen LogP contribution is 2.33. The highest BCUT2D eigenvalue weighted by Gasteiger charge is 2.24. The van der Waals surface area contributed by atoms with Crippen LogP contribution in [0.15, 0.2) is 34.9 Å². The van der Waals surface area contributed by atoms with Crippen LogP contribution in [-0.2, 0) is 6.54 Å². The topological polar surface area (TPSA) is 25.6 Å². The zero-order chi connectivity index (χ0) is 14.1. The molecule has 3 rings (SSSR count). The van der Waals surface area contributed by atoms with Gasteiger partial charge in [-0.1, -0.05) is 23.2 Å². The van der Waals surface area contributed by atoms with Crippen molar-refractivity contribution in [1.82, 2.24) is 4.90 Å². The maximum atomic E-state index is 6.07. The molecule has 0 spiro atoms. The van der Waals surface area contributed by atoms with Crippen LogP contribution in [0.3, 0.4) is 0 Å². The SMILES string of the molecule is CN1CCC(Oc2ccc(Cl)c(Cl)c2)c2ccoc2C1. The van der Waals surface area contributed by atoms with Crippen molar-refractivity contribution in [2.45, 2.75) is 19.1 Å². The first kappa shape index (κ1) is 13.8. The summed E-state index contributed by atoms with van der Waals surface area (Å²) >= 11 is 12.0. The molecule has 0 amide bonds. The van der Waals surface area contributed by atoms with Crippen LogP contribution in [0.2, 0.25) is 10.0 Å². The molecular weight excluding hydrogens is 297 g/mol. The van der Waals surface area contributed by atoms with Gasteiger partial charge in [-0.15, -0.1) is 0 Å². The van der Waals surface area contributed by atoms with Gasteiger partial charge < -0.3 is 9.15 Å². The second-order valence-corrected chi connectivity index (χ2v) is 5.82. The lowest BCUT2D eigenvalue weighted by Crippen LogP contribution is -2.18. The molecule has 0 bridgehead atoms. The number of halogens is 2. The molecule has 1 aliphatic heterocycles. The first-order valence-electron chi connectivity index (χ1n) is 6.50. The number of hydrogen-bond donors (Lipinski definition) is 0. The molecule has 0 saturated heterocycles. The summed E-state index contributed by atoms with van der Waals surface area (Å²) in [4.78, 5) is 2.22. The van der Waals surface area contributed by atoms with E-state index in [4.69, 9.17) is 32.4 Å². The Labute approximate surface area is 128 Å².